The van der Waals surface area contributed by atoms with Gasteiger partial charge in [-0.05, 0) is 18.2 Å². The molecule has 3 aromatic rings. The molecule has 0 amide bonds. The summed E-state index contributed by atoms with van der Waals surface area (Å²) in [5.74, 6) is -3.15. The minimum Gasteiger partial charge on any atom is -0.477 e. The first kappa shape index (κ1) is 17.4. The fraction of sp³-hybridized carbons (Fsp3) is 0. The van der Waals surface area contributed by atoms with Crippen LogP contribution in [0.5, 0.6) is 0 Å². The SMILES string of the molecule is O=C(O)c1cc(C(=O)O)n(-c2ccc(Cl)cc2C(=O)c2ccccc2)n1. The predicted molar refractivity (Wildman–Crippen MR) is 92.4 cm³/mol. The first-order valence-corrected chi connectivity index (χ1v) is 7.72. The van der Waals surface area contributed by atoms with Crippen LogP contribution in [0, 0.1) is 0 Å². The van der Waals surface area contributed by atoms with Gasteiger partial charge in [0.15, 0.2) is 17.2 Å². The molecule has 0 bridgehead atoms. The van der Waals surface area contributed by atoms with E-state index in [1.165, 1.54) is 18.2 Å². The fourth-order valence-electron chi connectivity index (χ4n) is 2.44. The van der Waals surface area contributed by atoms with Gasteiger partial charge in [-0.2, -0.15) is 5.10 Å². The average molecular weight is 371 g/mol. The Hall–Kier alpha value is -3.45. The normalized spacial score (nSPS) is 10.5. The number of carbonyl (C=O) groups is 3. The van der Waals surface area contributed by atoms with Gasteiger partial charge in [-0.15, -0.1) is 0 Å². The highest BCUT2D eigenvalue weighted by molar-refractivity contribution is 6.31. The summed E-state index contributed by atoms with van der Waals surface area (Å²) in [6, 6.07) is 13.6. The van der Waals surface area contributed by atoms with Crippen molar-refractivity contribution in [3.63, 3.8) is 0 Å². The van der Waals surface area contributed by atoms with Gasteiger partial charge in [0, 0.05) is 22.2 Å². The lowest BCUT2D eigenvalue weighted by Crippen LogP contribution is -2.13. The highest BCUT2D eigenvalue weighted by atomic mass is 35.5. The molecule has 0 spiro atoms. The van der Waals surface area contributed by atoms with Gasteiger partial charge in [0.2, 0.25) is 0 Å². The summed E-state index contributed by atoms with van der Waals surface area (Å²) in [5.41, 5.74) is -0.236. The molecule has 8 heteroatoms. The minimum atomic E-state index is -1.38. The van der Waals surface area contributed by atoms with Crippen LogP contribution in [0.1, 0.15) is 36.9 Å². The van der Waals surface area contributed by atoms with E-state index in [9.17, 15) is 19.5 Å². The molecular formula is C18H11ClN2O5. The van der Waals surface area contributed by atoms with E-state index >= 15 is 0 Å². The van der Waals surface area contributed by atoms with Gasteiger partial charge < -0.3 is 10.2 Å². The third-order valence-electron chi connectivity index (χ3n) is 3.61. The highest BCUT2D eigenvalue weighted by Crippen LogP contribution is 2.24. The van der Waals surface area contributed by atoms with Crippen LogP contribution in [0.2, 0.25) is 5.02 Å². The van der Waals surface area contributed by atoms with Crippen molar-refractivity contribution in [3.8, 4) is 5.69 Å². The van der Waals surface area contributed by atoms with Crippen LogP contribution in [0.4, 0.5) is 0 Å². The molecule has 7 nitrogen and oxygen atoms in total. The molecule has 1 aromatic heterocycles. The molecule has 3 rings (SSSR count). The largest absolute Gasteiger partial charge is 0.477 e. The lowest BCUT2D eigenvalue weighted by atomic mass is 10.0. The summed E-state index contributed by atoms with van der Waals surface area (Å²) < 4.78 is 0.915. The number of rotatable bonds is 5. The second-order valence-corrected chi connectivity index (χ2v) is 5.73. The van der Waals surface area contributed by atoms with Crippen LogP contribution < -0.4 is 0 Å². The average Bonchev–Trinajstić information content (AvgIpc) is 3.07. The van der Waals surface area contributed by atoms with Gasteiger partial charge in [0.25, 0.3) is 0 Å². The van der Waals surface area contributed by atoms with E-state index in [-0.39, 0.29) is 22.0 Å². The predicted octanol–water partition coefficient (Wildman–Crippen LogP) is 3.15. The molecule has 1 heterocycles. The minimum absolute atomic E-state index is 0.103. The molecule has 0 aliphatic carbocycles. The number of benzene rings is 2. The summed E-state index contributed by atoms with van der Waals surface area (Å²) in [6.45, 7) is 0. The number of carboxylic acids is 2. The van der Waals surface area contributed by atoms with E-state index in [0.717, 1.165) is 10.7 Å². The van der Waals surface area contributed by atoms with E-state index in [4.69, 9.17) is 16.7 Å². The Bertz CT molecular complexity index is 1030. The van der Waals surface area contributed by atoms with E-state index in [2.05, 4.69) is 5.10 Å². The lowest BCUT2D eigenvalue weighted by Gasteiger charge is -2.11. The van der Waals surface area contributed by atoms with Crippen molar-refractivity contribution in [1.82, 2.24) is 9.78 Å². The van der Waals surface area contributed by atoms with E-state index < -0.39 is 23.4 Å². The van der Waals surface area contributed by atoms with Crippen molar-refractivity contribution in [3.05, 3.63) is 82.1 Å². The number of carbonyl (C=O) groups excluding carboxylic acids is 1. The second-order valence-electron chi connectivity index (χ2n) is 5.29. The third-order valence-corrected chi connectivity index (χ3v) is 3.85. The second kappa shape index (κ2) is 6.81. The zero-order chi connectivity index (χ0) is 18.8. The van der Waals surface area contributed by atoms with Crippen molar-refractivity contribution in [2.24, 2.45) is 0 Å². The summed E-state index contributed by atoms with van der Waals surface area (Å²) in [7, 11) is 0. The maximum atomic E-state index is 12.9. The van der Waals surface area contributed by atoms with E-state index in [1.807, 2.05) is 0 Å². The van der Waals surface area contributed by atoms with Crippen LogP contribution in [0.25, 0.3) is 5.69 Å². The zero-order valence-electron chi connectivity index (χ0n) is 13.1. The molecule has 2 aromatic carbocycles. The molecule has 26 heavy (non-hydrogen) atoms. The maximum absolute atomic E-state index is 12.9. The molecular weight excluding hydrogens is 360 g/mol. The highest BCUT2D eigenvalue weighted by Gasteiger charge is 2.23. The smallest absolute Gasteiger partial charge is 0.356 e. The lowest BCUT2D eigenvalue weighted by molar-refractivity contribution is 0.0679. The molecule has 0 saturated carbocycles. The molecule has 0 aliphatic heterocycles. The number of aromatic carboxylic acids is 2. The molecule has 0 atom stereocenters. The number of ketones is 1. The number of carboxylic acid groups (broad SMARTS) is 2. The quantitative estimate of drug-likeness (QED) is 0.667. The summed E-state index contributed by atoms with van der Waals surface area (Å²) in [5, 5.41) is 22.5. The van der Waals surface area contributed by atoms with Crippen molar-refractivity contribution in [2.45, 2.75) is 0 Å². The monoisotopic (exact) mass is 370 g/mol. The first-order valence-electron chi connectivity index (χ1n) is 7.35. The Morgan fingerprint density at radius 2 is 1.62 bits per heavy atom. The Labute approximate surface area is 152 Å². The summed E-state index contributed by atoms with van der Waals surface area (Å²) in [4.78, 5) is 35.5. The third kappa shape index (κ3) is 3.20. The number of hydrogen-bond acceptors (Lipinski definition) is 4. The molecule has 130 valence electrons. The standard InChI is InChI=1S/C18H11ClN2O5/c19-11-6-7-14(12(8-11)16(22)10-4-2-1-3-5-10)21-15(18(25)26)9-13(20-21)17(23)24/h1-9H,(H,23,24)(H,25,26). The van der Waals surface area contributed by atoms with Crippen molar-refractivity contribution in [1.29, 1.82) is 0 Å². The van der Waals surface area contributed by atoms with Crippen LogP contribution in [0.15, 0.2) is 54.6 Å². The van der Waals surface area contributed by atoms with Gasteiger partial charge in [0.1, 0.15) is 0 Å². The van der Waals surface area contributed by atoms with Crippen LogP contribution in [-0.2, 0) is 0 Å². The van der Waals surface area contributed by atoms with Crippen molar-refractivity contribution in [2.75, 3.05) is 0 Å². The van der Waals surface area contributed by atoms with Crippen molar-refractivity contribution < 1.29 is 24.6 Å². The van der Waals surface area contributed by atoms with Crippen molar-refractivity contribution >= 4 is 29.3 Å². The number of nitrogens with zero attached hydrogens (tertiary/aromatic N) is 2. The fourth-order valence-corrected chi connectivity index (χ4v) is 2.61. The zero-order valence-corrected chi connectivity index (χ0v) is 13.8. The summed E-state index contributed by atoms with van der Waals surface area (Å²) >= 11 is 6.00. The molecule has 0 unspecified atom stereocenters. The number of halogens is 1. The van der Waals surface area contributed by atoms with Gasteiger partial charge in [-0.1, -0.05) is 41.9 Å². The van der Waals surface area contributed by atoms with Gasteiger partial charge in [0.05, 0.1) is 5.69 Å². The first-order chi connectivity index (χ1) is 12.4. The van der Waals surface area contributed by atoms with Gasteiger partial charge in [-0.25, -0.2) is 14.3 Å². The molecule has 0 radical (unpaired) electrons. The van der Waals surface area contributed by atoms with Crippen LogP contribution in [0.3, 0.4) is 0 Å². The number of aromatic nitrogens is 2. The Morgan fingerprint density at radius 3 is 2.23 bits per heavy atom. The van der Waals surface area contributed by atoms with Gasteiger partial charge >= 0.3 is 11.9 Å². The van der Waals surface area contributed by atoms with Crippen LogP contribution in [-0.4, -0.2) is 37.7 Å². The topological polar surface area (TPSA) is 109 Å². The maximum Gasteiger partial charge on any atom is 0.356 e. The molecule has 2 N–H and O–H groups in total. The summed E-state index contributed by atoms with van der Waals surface area (Å²) in [6.07, 6.45) is 0. The molecule has 0 saturated heterocycles. The molecule has 0 aliphatic rings. The van der Waals surface area contributed by atoms with Crippen LogP contribution >= 0.6 is 11.6 Å². The number of hydrogen-bond donors (Lipinski definition) is 2. The Morgan fingerprint density at radius 1 is 0.923 bits per heavy atom. The van der Waals surface area contributed by atoms with E-state index in [1.54, 1.807) is 30.3 Å². The Kier molecular flexibility index (Phi) is 4.55. The Balaban J connectivity index is 2.23. The van der Waals surface area contributed by atoms with Gasteiger partial charge in [-0.3, -0.25) is 4.79 Å². The van der Waals surface area contributed by atoms with E-state index in [0.29, 0.717) is 5.56 Å². The molecule has 0 fully saturated rings.